The fourth-order valence-electron chi connectivity index (χ4n) is 1.79. The summed E-state index contributed by atoms with van der Waals surface area (Å²) in [6.45, 7) is -0.283. The summed E-state index contributed by atoms with van der Waals surface area (Å²) in [6.07, 6.45) is 1.93. The van der Waals surface area contributed by atoms with Gasteiger partial charge >= 0.3 is 0 Å². The number of halogens is 1. The van der Waals surface area contributed by atoms with Crippen molar-refractivity contribution in [2.75, 3.05) is 13.1 Å². The van der Waals surface area contributed by atoms with Crippen molar-refractivity contribution in [1.29, 1.82) is 10.5 Å². The molecule has 0 fully saturated rings. The molecule has 110 valence electrons. The zero-order valence-electron chi connectivity index (χ0n) is 11.5. The SMILES string of the molecule is N#CCN(CC#N)C(=O)c1cnc(Cc2ccc(F)cc2)s1. The van der Waals surface area contributed by atoms with Gasteiger partial charge in [-0.2, -0.15) is 10.5 Å². The summed E-state index contributed by atoms with van der Waals surface area (Å²) in [5.74, 6) is -0.687. The van der Waals surface area contributed by atoms with E-state index in [4.69, 9.17) is 10.5 Å². The molecule has 0 aliphatic rings. The topological polar surface area (TPSA) is 80.8 Å². The maximum absolute atomic E-state index is 12.9. The van der Waals surface area contributed by atoms with E-state index in [0.717, 1.165) is 10.5 Å². The number of benzene rings is 1. The molecule has 2 rings (SSSR count). The summed E-state index contributed by atoms with van der Waals surface area (Å²) in [6, 6.07) is 9.78. The molecule has 0 aliphatic carbocycles. The van der Waals surface area contributed by atoms with Crippen molar-refractivity contribution >= 4 is 17.2 Å². The number of hydrogen-bond donors (Lipinski definition) is 0. The summed E-state index contributed by atoms with van der Waals surface area (Å²) in [4.78, 5) is 17.9. The van der Waals surface area contributed by atoms with E-state index in [1.54, 1.807) is 12.1 Å². The van der Waals surface area contributed by atoms with Crippen LogP contribution in [-0.4, -0.2) is 28.9 Å². The lowest BCUT2D eigenvalue weighted by molar-refractivity contribution is 0.0799. The summed E-state index contributed by atoms with van der Waals surface area (Å²) in [5.41, 5.74) is 0.889. The van der Waals surface area contributed by atoms with E-state index in [-0.39, 0.29) is 24.8 Å². The van der Waals surface area contributed by atoms with Crippen LogP contribution in [0.5, 0.6) is 0 Å². The zero-order valence-corrected chi connectivity index (χ0v) is 12.3. The minimum Gasteiger partial charge on any atom is -0.311 e. The quantitative estimate of drug-likeness (QED) is 0.793. The van der Waals surface area contributed by atoms with Crippen LogP contribution in [0.3, 0.4) is 0 Å². The molecule has 2 aromatic rings. The van der Waals surface area contributed by atoms with Gasteiger partial charge in [-0.05, 0) is 17.7 Å². The Kier molecular flexibility index (Phi) is 5.18. The van der Waals surface area contributed by atoms with E-state index in [2.05, 4.69) is 4.98 Å². The summed E-state index contributed by atoms with van der Waals surface area (Å²) in [7, 11) is 0. The fourth-order valence-corrected chi connectivity index (χ4v) is 2.71. The highest BCUT2D eigenvalue weighted by molar-refractivity contribution is 7.13. The van der Waals surface area contributed by atoms with E-state index in [0.29, 0.717) is 16.3 Å². The number of nitriles is 2. The van der Waals surface area contributed by atoms with Crippen molar-refractivity contribution in [3.63, 3.8) is 0 Å². The van der Waals surface area contributed by atoms with Gasteiger partial charge in [0.25, 0.3) is 5.91 Å². The molecule has 0 unspecified atom stereocenters. The first kappa shape index (κ1) is 15.6. The molecule has 0 saturated carbocycles. The molecule has 22 heavy (non-hydrogen) atoms. The third kappa shape index (κ3) is 3.87. The third-order valence-corrected chi connectivity index (χ3v) is 3.83. The number of thiazole rings is 1. The molecule has 1 heterocycles. The van der Waals surface area contributed by atoms with Gasteiger partial charge in [-0.1, -0.05) is 12.1 Å². The Morgan fingerprint density at radius 3 is 2.45 bits per heavy atom. The van der Waals surface area contributed by atoms with Crippen LogP contribution in [0.25, 0.3) is 0 Å². The average Bonchev–Trinajstić information content (AvgIpc) is 2.97. The van der Waals surface area contributed by atoms with E-state index in [9.17, 15) is 9.18 Å². The summed E-state index contributed by atoms with van der Waals surface area (Å²) in [5, 5.41) is 18.1. The number of aromatic nitrogens is 1. The Morgan fingerprint density at radius 1 is 1.23 bits per heavy atom. The van der Waals surface area contributed by atoms with Crippen LogP contribution < -0.4 is 0 Å². The van der Waals surface area contributed by atoms with Gasteiger partial charge in [0.15, 0.2) is 0 Å². The van der Waals surface area contributed by atoms with Crippen LogP contribution in [0.4, 0.5) is 4.39 Å². The predicted molar refractivity (Wildman–Crippen MR) is 78.4 cm³/mol. The molecule has 5 nitrogen and oxygen atoms in total. The lowest BCUT2D eigenvalue weighted by Gasteiger charge is -2.13. The summed E-state index contributed by atoms with van der Waals surface area (Å²) < 4.78 is 12.9. The number of rotatable bonds is 5. The molecule has 0 saturated heterocycles. The van der Waals surface area contributed by atoms with E-state index < -0.39 is 0 Å². The number of hydrogen-bond acceptors (Lipinski definition) is 5. The molecule has 0 N–H and O–H groups in total. The zero-order chi connectivity index (χ0) is 15.9. The van der Waals surface area contributed by atoms with E-state index in [1.807, 2.05) is 12.1 Å². The maximum atomic E-state index is 12.9. The van der Waals surface area contributed by atoms with Crippen molar-refractivity contribution < 1.29 is 9.18 Å². The van der Waals surface area contributed by atoms with Gasteiger partial charge in [0.1, 0.15) is 23.8 Å². The molecule has 7 heteroatoms. The number of amides is 1. The van der Waals surface area contributed by atoms with E-state index in [1.165, 1.54) is 29.7 Å². The molecule has 1 amide bonds. The first-order valence-electron chi connectivity index (χ1n) is 6.36. The highest BCUT2D eigenvalue weighted by atomic mass is 32.1. The highest BCUT2D eigenvalue weighted by Gasteiger charge is 2.18. The molecular formula is C15H11FN4OS. The van der Waals surface area contributed by atoms with Crippen LogP contribution in [0.15, 0.2) is 30.5 Å². The fraction of sp³-hybridized carbons (Fsp3) is 0.200. The minimum atomic E-state index is -0.383. The van der Waals surface area contributed by atoms with Crippen molar-refractivity contribution in [1.82, 2.24) is 9.88 Å². The molecule has 1 aromatic heterocycles. The number of carbonyl (C=O) groups is 1. The average molecular weight is 314 g/mol. The Hall–Kier alpha value is -2.77. The second kappa shape index (κ2) is 7.30. The van der Waals surface area contributed by atoms with Gasteiger partial charge in [0.2, 0.25) is 0 Å². The lowest BCUT2D eigenvalue weighted by atomic mass is 10.2. The van der Waals surface area contributed by atoms with Gasteiger partial charge in [-0.25, -0.2) is 9.37 Å². The highest BCUT2D eigenvalue weighted by Crippen LogP contribution is 2.18. The van der Waals surface area contributed by atoms with Gasteiger partial charge < -0.3 is 4.90 Å². The molecule has 0 aliphatic heterocycles. The normalized spacial score (nSPS) is 9.77. The van der Waals surface area contributed by atoms with Crippen LogP contribution in [-0.2, 0) is 6.42 Å². The number of nitrogens with zero attached hydrogens (tertiary/aromatic N) is 4. The first-order valence-corrected chi connectivity index (χ1v) is 7.18. The van der Waals surface area contributed by atoms with Crippen LogP contribution >= 0.6 is 11.3 Å². The largest absolute Gasteiger partial charge is 0.311 e. The Balaban J connectivity index is 2.10. The van der Waals surface area contributed by atoms with Crippen molar-refractivity contribution in [3.8, 4) is 12.1 Å². The maximum Gasteiger partial charge on any atom is 0.267 e. The van der Waals surface area contributed by atoms with Crippen molar-refractivity contribution in [2.24, 2.45) is 0 Å². The first-order chi connectivity index (χ1) is 10.6. The lowest BCUT2D eigenvalue weighted by Crippen LogP contribution is -2.31. The third-order valence-electron chi connectivity index (χ3n) is 2.84. The smallest absolute Gasteiger partial charge is 0.267 e. The van der Waals surface area contributed by atoms with Gasteiger partial charge in [-0.3, -0.25) is 4.79 Å². The van der Waals surface area contributed by atoms with Gasteiger partial charge in [0, 0.05) is 6.42 Å². The monoisotopic (exact) mass is 314 g/mol. The van der Waals surface area contributed by atoms with E-state index >= 15 is 0 Å². The standard InChI is InChI=1S/C15H11FN4OS/c16-12-3-1-11(2-4-12)9-14-19-10-13(22-14)15(21)20(7-5-17)8-6-18/h1-4,10H,7-9H2. The molecule has 1 aromatic carbocycles. The second-order valence-electron chi connectivity index (χ2n) is 4.40. The molecular weight excluding hydrogens is 303 g/mol. The van der Waals surface area contributed by atoms with Crippen LogP contribution in [0.1, 0.15) is 20.2 Å². The second-order valence-corrected chi connectivity index (χ2v) is 5.51. The Morgan fingerprint density at radius 2 is 1.86 bits per heavy atom. The molecule has 0 spiro atoms. The molecule has 0 radical (unpaired) electrons. The van der Waals surface area contributed by atoms with Crippen molar-refractivity contribution in [2.45, 2.75) is 6.42 Å². The van der Waals surface area contributed by atoms with Crippen LogP contribution in [0, 0.1) is 28.5 Å². The Bertz CT molecular complexity index is 726. The number of carbonyl (C=O) groups excluding carboxylic acids is 1. The van der Waals surface area contributed by atoms with Gasteiger partial charge in [-0.15, -0.1) is 11.3 Å². The molecule has 0 atom stereocenters. The van der Waals surface area contributed by atoms with Gasteiger partial charge in [0.05, 0.1) is 23.3 Å². The van der Waals surface area contributed by atoms with Crippen LogP contribution in [0.2, 0.25) is 0 Å². The predicted octanol–water partition coefficient (Wildman–Crippen LogP) is 2.36. The molecule has 0 bridgehead atoms. The minimum absolute atomic E-state index is 0.141. The van der Waals surface area contributed by atoms with Crippen molar-refractivity contribution in [3.05, 3.63) is 51.7 Å². The summed E-state index contributed by atoms with van der Waals surface area (Å²) >= 11 is 1.21. The Labute approximate surface area is 130 Å².